The Balaban J connectivity index is 3.15. The maximum absolute atomic E-state index is 11.2. The molecule has 0 aliphatic carbocycles. The lowest BCUT2D eigenvalue weighted by atomic mass is 10.1. The van der Waals surface area contributed by atoms with Crippen LogP contribution >= 0.6 is 15.9 Å². The van der Waals surface area contributed by atoms with Gasteiger partial charge in [-0.05, 0) is 28.1 Å². The molecule has 1 aromatic carbocycles. The quantitative estimate of drug-likeness (QED) is 0.797. The summed E-state index contributed by atoms with van der Waals surface area (Å²) in [6.45, 7) is 0. The molecule has 0 aromatic heterocycles. The molecule has 0 aliphatic heterocycles. The van der Waals surface area contributed by atoms with Crippen molar-refractivity contribution in [3.8, 4) is 11.8 Å². The number of rotatable bonds is 3. The lowest BCUT2D eigenvalue weighted by Gasteiger charge is -2.09. The zero-order valence-corrected chi connectivity index (χ0v) is 10.5. The van der Waals surface area contributed by atoms with Crippen LogP contribution in [-0.2, 0) is 16.0 Å². The smallest absolute Gasteiger partial charge is 0.310 e. The van der Waals surface area contributed by atoms with Crippen molar-refractivity contribution >= 4 is 21.9 Å². The van der Waals surface area contributed by atoms with Gasteiger partial charge in [0.05, 0.1) is 26.2 Å². The van der Waals surface area contributed by atoms with E-state index in [2.05, 4.69) is 20.7 Å². The molecule has 1 aromatic rings. The van der Waals surface area contributed by atoms with Crippen molar-refractivity contribution in [1.29, 1.82) is 5.26 Å². The Morgan fingerprint density at radius 3 is 2.69 bits per heavy atom. The van der Waals surface area contributed by atoms with E-state index in [1.54, 1.807) is 12.1 Å². The summed E-state index contributed by atoms with van der Waals surface area (Å²) in [6, 6.07) is 5.30. The Morgan fingerprint density at radius 2 is 2.19 bits per heavy atom. The fourth-order valence-corrected chi connectivity index (χ4v) is 1.65. The minimum absolute atomic E-state index is 0.0850. The van der Waals surface area contributed by atoms with E-state index in [-0.39, 0.29) is 12.4 Å². The summed E-state index contributed by atoms with van der Waals surface area (Å²) in [5, 5.41) is 8.86. The van der Waals surface area contributed by atoms with Gasteiger partial charge in [0.1, 0.15) is 11.8 Å². The maximum Gasteiger partial charge on any atom is 0.310 e. The first-order valence-corrected chi connectivity index (χ1v) is 5.25. The number of methoxy groups -OCH3 is 2. The highest BCUT2D eigenvalue weighted by Crippen LogP contribution is 2.27. The number of nitriles is 1. The van der Waals surface area contributed by atoms with Crippen molar-refractivity contribution in [2.24, 2.45) is 0 Å². The molecule has 0 aliphatic rings. The summed E-state index contributed by atoms with van der Waals surface area (Å²) in [6.07, 6.45) is 0.0850. The molecule has 0 fully saturated rings. The molecule has 4 nitrogen and oxygen atoms in total. The fourth-order valence-electron chi connectivity index (χ4n) is 1.24. The predicted molar refractivity (Wildman–Crippen MR) is 61.1 cm³/mol. The van der Waals surface area contributed by atoms with E-state index in [1.807, 2.05) is 6.07 Å². The molecule has 0 amide bonds. The number of halogens is 1. The number of carbonyl (C=O) groups is 1. The molecule has 0 N–H and O–H groups in total. The fraction of sp³-hybridized carbons (Fsp3) is 0.273. The van der Waals surface area contributed by atoms with Crippen molar-refractivity contribution in [3.63, 3.8) is 0 Å². The van der Waals surface area contributed by atoms with Gasteiger partial charge < -0.3 is 9.47 Å². The molecule has 16 heavy (non-hydrogen) atoms. The third kappa shape index (κ3) is 2.74. The maximum atomic E-state index is 11.2. The molecular formula is C11H10BrNO3. The Bertz CT molecular complexity index is 451. The summed E-state index contributed by atoms with van der Waals surface area (Å²) in [7, 11) is 2.83. The van der Waals surface area contributed by atoms with Crippen LogP contribution in [-0.4, -0.2) is 20.2 Å². The van der Waals surface area contributed by atoms with E-state index in [0.29, 0.717) is 21.3 Å². The Hall–Kier alpha value is -1.54. The molecule has 1 rings (SSSR count). The summed E-state index contributed by atoms with van der Waals surface area (Å²) in [4.78, 5) is 11.2. The molecular weight excluding hydrogens is 274 g/mol. The van der Waals surface area contributed by atoms with Gasteiger partial charge in [0.25, 0.3) is 0 Å². The summed E-state index contributed by atoms with van der Waals surface area (Å²) in [5.74, 6) is 0.181. The SMILES string of the molecule is COC(=O)Cc1cc(C#N)c(Br)cc1OC. The van der Waals surface area contributed by atoms with Crippen LogP contribution in [0.4, 0.5) is 0 Å². The normalized spacial score (nSPS) is 9.38. The van der Waals surface area contributed by atoms with Gasteiger partial charge >= 0.3 is 5.97 Å². The van der Waals surface area contributed by atoms with E-state index in [1.165, 1.54) is 14.2 Å². The Kier molecular flexibility index (Phi) is 4.32. The van der Waals surface area contributed by atoms with E-state index in [0.717, 1.165) is 0 Å². The molecule has 5 heteroatoms. The molecule has 0 saturated carbocycles. The largest absolute Gasteiger partial charge is 0.496 e. The zero-order valence-electron chi connectivity index (χ0n) is 8.91. The van der Waals surface area contributed by atoms with E-state index in [9.17, 15) is 4.79 Å². The topological polar surface area (TPSA) is 59.3 Å². The molecule has 0 saturated heterocycles. The molecule has 0 heterocycles. The van der Waals surface area contributed by atoms with E-state index < -0.39 is 0 Å². The van der Waals surface area contributed by atoms with Crippen LogP contribution in [0.2, 0.25) is 0 Å². The lowest BCUT2D eigenvalue weighted by Crippen LogP contribution is -2.06. The van der Waals surface area contributed by atoms with Crippen molar-refractivity contribution in [2.45, 2.75) is 6.42 Å². The van der Waals surface area contributed by atoms with E-state index in [4.69, 9.17) is 10.00 Å². The first kappa shape index (κ1) is 12.5. The molecule has 0 bridgehead atoms. The zero-order chi connectivity index (χ0) is 12.1. The Labute approximate surface area is 102 Å². The average molecular weight is 284 g/mol. The van der Waals surface area contributed by atoms with Gasteiger partial charge in [-0.2, -0.15) is 5.26 Å². The Morgan fingerprint density at radius 1 is 1.50 bits per heavy atom. The molecule has 0 unspecified atom stereocenters. The van der Waals surface area contributed by atoms with Gasteiger partial charge in [0.2, 0.25) is 0 Å². The number of ether oxygens (including phenoxy) is 2. The van der Waals surface area contributed by atoms with Gasteiger partial charge in [0, 0.05) is 10.0 Å². The second-order valence-electron chi connectivity index (χ2n) is 3.01. The van der Waals surface area contributed by atoms with Crippen molar-refractivity contribution in [1.82, 2.24) is 0 Å². The van der Waals surface area contributed by atoms with E-state index >= 15 is 0 Å². The predicted octanol–water partition coefficient (Wildman–Crippen LogP) is 2.04. The van der Waals surface area contributed by atoms with Gasteiger partial charge in [-0.15, -0.1) is 0 Å². The highest BCUT2D eigenvalue weighted by atomic mass is 79.9. The number of hydrogen-bond acceptors (Lipinski definition) is 4. The van der Waals surface area contributed by atoms with Crippen LogP contribution < -0.4 is 4.74 Å². The molecule has 0 spiro atoms. The molecule has 0 radical (unpaired) electrons. The minimum Gasteiger partial charge on any atom is -0.496 e. The highest BCUT2D eigenvalue weighted by Gasteiger charge is 2.12. The van der Waals surface area contributed by atoms with Gasteiger partial charge in [-0.25, -0.2) is 0 Å². The third-order valence-electron chi connectivity index (χ3n) is 2.05. The first-order valence-electron chi connectivity index (χ1n) is 4.45. The number of nitrogens with zero attached hydrogens (tertiary/aromatic N) is 1. The second kappa shape index (κ2) is 5.52. The number of hydrogen-bond donors (Lipinski definition) is 0. The average Bonchev–Trinajstić information content (AvgIpc) is 2.30. The van der Waals surface area contributed by atoms with Gasteiger partial charge in [-0.1, -0.05) is 0 Å². The summed E-state index contributed by atoms with van der Waals surface area (Å²) in [5.41, 5.74) is 1.09. The van der Waals surface area contributed by atoms with Crippen molar-refractivity contribution < 1.29 is 14.3 Å². The highest BCUT2D eigenvalue weighted by molar-refractivity contribution is 9.10. The van der Waals surface area contributed by atoms with Gasteiger partial charge in [-0.3, -0.25) is 4.79 Å². The van der Waals surface area contributed by atoms with Crippen LogP contribution in [0.15, 0.2) is 16.6 Å². The number of carbonyl (C=O) groups excluding carboxylic acids is 1. The van der Waals surface area contributed by atoms with Gasteiger partial charge in [0.15, 0.2) is 0 Å². The lowest BCUT2D eigenvalue weighted by molar-refractivity contribution is -0.139. The van der Waals surface area contributed by atoms with Crippen molar-refractivity contribution in [3.05, 3.63) is 27.7 Å². The van der Waals surface area contributed by atoms with Crippen LogP contribution in [0.5, 0.6) is 5.75 Å². The van der Waals surface area contributed by atoms with Crippen LogP contribution in [0.1, 0.15) is 11.1 Å². The van der Waals surface area contributed by atoms with Crippen LogP contribution in [0.25, 0.3) is 0 Å². The molecule has 84 valence electrons. The van der Waals surface area contributed by atoms with Crippen molar-refractivity contribution in [2.75, 3.05) is 14.2 Å². The monoisotopic (exact) mass is 283 g/mol. The third-order valence-corrected chi connectivity index (χ3v) is 2.71. The first-order chi connectivity index (χ1) is 7.62. The van der Waals surface area contributed by atoms with Crippen LogP contribution in [0, 0.1) is 11.3 Å². The number of esters is 1. The summed E-state index contributed by atoms with van der Waals surface area (Å²) >= 11 is 3.25. The number of benzene rings is 1. The summed E-state index contributed by atoms with van der Waals surface area (Å²) < 4.78 is 10.3. The minimum atomic E-state index is -0.371. The molecule has 0 atom stereocenters. The standard InChI is InChI=1S/C11H10BrNO3/c1-15-10-5-9(12)8(6-13)3-7(10)4-11(14)16-2/h3,5H,4H2,1-2H3. The second-order valence-corrected chi connectivity index (χ2v) is 3.86. The van der Waals surface area contributed by atoms with Crippen LogP contribution in [0.3, 0.4) is 0 Å².